The number of fused-ring (bicyclic) bond motifs is 1. The second-order valence-electron chi connectivity index (χ2n) is 7.31. The molecule has 3 heterocycles. The van der Waals surface area contributed by atoms with Gasteiger partial charge in [-0.25, -0.2) is 9.38 Å². The van der Waals surface area contributed by atoms with E-state index in [1.54, 1.807) is 0 Å². The first-order valence-corrected chi connectivity index (χ1v) is 9.32. The molecule has 1 atom stereocenters. The number of ether oxygens (including phenoxy) is 3. The van der Waals surface area contributed by atoms with Gasteiger partial charge in [0.1, 0.15) is 11.6 Å². The minimum atomic E-state index is -0.281. The van der Waals surface area contributed by atoms with E-state index in [0.29, 0.717) is 18.9 Å². The van der Waals surface area contributed by atoms with Crippen LogP contribution >= 0.6 is 24.0 Å². The van der Waals surface area contributed by atoms with E-state index in [4.69, 9.17) is 19.2 Å². The summed E-state index contributed by atoms with van der Waals surface area (Å²) < 4.78 is 30.4. The number of guanidine groups is 1. The Morgan fingerprint density at radius 1 is 1.33 bits per heavy atom. The van der Waals surface area contributed by atoms with Gasteiger partial charge < -0.3 is 24.4 Å². The summed E-state index contributed by atoms with van der Waals surface area (Å²) in [5, 5.41) is 3.37. The summed E-state index contributed by atoms with van der Waals surface area (Å²) in [7, 11) is 0. The van der Waals surface area contributed by atoms with Gasteiger partial charge in [-0.05, 0) is 31.9 Å². The molecular weight excluding hydrogens is 464 g/mol. The van der Waals surface area contributed by atoms with E-state index in [1.165, 1.54) is 12.1 Å². The lowest BCUT2D eigenvalue weighted by atomic mass is 9.87. The highest BCUT2D eigenvalue weighted by Gasteiger charge is 2.42. The van der Waals surface area contributed by atoms with E-state index in [9.17, 15) is 4.39 Å². The Balaban J connectivity index is 0.00000210. The molecule has 0 aromatic heterocycles. The van der Waals surface area contributed by atoms with Crippen molar-refractivity contribution in [2.24, 2.45) is 10.4 Å². The highest BCUT2D eigenvalue weighted by molar-refractivity contribution is 14.0. The van der Waals surface area contributed by atoms with E-state index in [1.807, 2.05) is 0 Å². The van der Waals surface area contributed by atoms with Gasteiger partial charge in [-0.15, -0.1) is 24.0 Å². The van der Waals surface area contributed by atoms with Gasteiger partial charge in [-0.1, -0.05) is 0 Å². The van der Waals surface area contributed by atoms with Crippen molar-refractivity contribution in [3.63, 3.8) is 0 Å². The second-order valence-corrected chi connectivity index (χ2v) is 7.31. The van der Waals surface area contributed by atoms with Crippen LogP contribution in [0, 0.1) is 11.2 Å². The second kappa shape index (κ2) is 8.91. The van der Waals surface area contributed by atoms with Crippen molar-refractivity contribution in [1.29, 1.82) is 0 Å². The maximum atomic E-state index is 13.9. The van der Waals surface area contributed by atoms with Gasteiger partial charge in [0.15, 0.2) is 12.8 Å². The summed E-state index contributed by atoms with van der Waals surface area (Å²) in [4.78, 5) is 7.07. The van der Waals surface area contributed by atoms with Crippen molar-refractivity contribution in [2.45, 2.75) is 32.9 Å². The number of nitrogens with zero attached hydrogens (tertiary/aromatic N) is 2. The van der Waals surface area contributed by atoms with Crippen LogP contribution < -0.4 is 10.1 Å². The van der Waals surface area contributed by atoms with Crippen molar-refractivity contribution in [3.05, 3.63) is 29.1 Å². The molecule has 8 heteroatoms. The first-order valence-electron chi connectivity index (χ1n) is 9.32. The van der Waals surface area contributed by atoms with Crippen LogP contribution in [0.5, 0.6) is 5.75 Å². The Hall–Kier alpha value is -1.13. The Bertz CT molecular complexity index is 695. The van der Waals surface area contributed by atoms with E-state index >= 15 is 0 Å². The number of halogens is 2. The molecule has 1 aromatic carbocycles. The molecule has 4 rings (SSSR count). The number of hydrogen-bond acceptors (Lipinski definition) is 4. The lowest BCUT2D eigenvalue weighted by Crippen LogP contribution is -2.41. The van der Waals surface area contributed by atoms with E-state index in [0.717, 1.165) is 62.8 Å². The zero-order valence-corrected chi connectivity index (χ0v) is 18.0. The summed E-state index contributed by atoms with van der Waals surface area (Å²) in [6.07, 6.45) is 2.25. The summed E-state index contributed by atoms with van der Waals surface area (Å²) in [5.74, 6) is 1.30. The number of nitrogens with one attached hydrogen (secondary N) is 1. The minimum absolute atomic E-state index is 0. The SMILES string of the molecule is CCNC(=NCc1cc(F)cc2c1OCOC2)N1CCC2(CCOC2)C1.I. The van der Waals surface area contributed by atoms with Crippen LogP contribution in [-0.2, 0) is 22.6 Å². The molecule has 1 N–H and O–H groups in total. The van der Waals surface area contributed by atoms with Crippen LogP contribution in [0.2, 0.25) is 0 Å². The first-order chi connectivity index (χ1) is 12.7. The summed E-state index contributed by atoms with van der Waals surface area (Å²) in [6.45, 7) is 7.44. The molecule has 6 nitrogen and oxygen atoms in total. The van der Waals surface area contributed by atoms with Gasteiger partial charge in [-0.2, -0.15) is 0 Å². The van der Waals surface area contributed by atoms with E-state index in [-0.39, 0.29) is 42.0 Å². The van der Waals surface area contributed by atoms with E-state index < -0.39 is 0 Å². The lowest BCUT2D eigenvalue weighted by Gasteiger charge is -2.25. The van der Waals surface area contributed by atoms with Gasteiger partial charge >= 0.3 is 0 Å². The Kier molecular flexibility index (Phi) is 6.80. The molecular formula is C19H27FIN3O3. The van der Waals surface area contributed by atoms with Crippen molar-refractivity contribution in [2.75, 3.05) is 39.6 Å². The number of hydrogen-bond donors (Lipinski definition) is 1. The third-order valence-corrected chi connectivity index (χ3v) is 5.41. The molecule has 0 bridgehead atoms. The molecule has 150 valence electrons. The number of benzene rings is 1. The number of rotatable bonds is 3. The molecule has 1 unspecified atom stereocenters. The average Bonchev–Trinajstić information content (AvgIpc) is 3.28. The fourth-order valence-electron chi connectivity index (χ4n) is 4.05. The number of aliphatic imine (C=N–C) groups is 1. The van der Waals surface area contributed by atoms with E-state index in [2.05, 4.69) is 17.1 Å². The fraction of sp³-hybridized carbons (Fsp3) is 0.632. The van der Waals surface area contributed by atoms with Crippen LogP contribution in [0.3, 0.4) is 0 Å². The molecule has 3 aliphatic rings. The van der Waals surface area contributed by atoms with Crippen LogP contribution in [0.1, 0.15) is 30.9 Å². The largest absolute Gasteiger partial charge is 0.467 e. The highest BCUT2D eigenvalue weighted by Crippen LogP contribution is 2.38. The molecule has 2 fully saturated rings. The highest BCUT2D eigenvalue weighted by atomic mass is 127. The summed E-state index contributed by atoms with van der Waals surface area (Å²) in [6, 6.07) is 2.98. The van der Waals surface area contributed by atoms with Gasteiger partial charge in [0.05, 0.1) is 19.8 Å². The average molecular weight is 491 g/mol. The van der Waals surface area contributed by atoms with Gasteiger partial charge in [0.2, 0.25) is 0 Å². The molecule has 27 heavy (non-hydrogen) atoms. The molecule has 1 spiro atoms. The molecule has 1 aromatic rings. The fourth-order valence-corrected chi connectivity index (χ4v) is 4.05. The summed E-state index contributed by atoms with van der Waals surface area (Å²) in [5.41, 5.74) is 1.78. The third-order valence-electron chi connectivity index (χ3n) is 5.41. The Morgan fingerprint density at radius 2 is 2.22 bits per heavy atom. The quantitative estimate of drug-likeness (QED) is 0.401. The zero-order chi connectivity index (χ0) is 18.0. The first kappa shape index (κ1) is 20.6. The lowest BCUT2D eigenvalue weighted by molar-refractivity contribution is -0.0172. The molecule has 0 amide bonds. The van der Waals surface area contributed by atoms with Crippen molar-refractivity contribution in [3.8, 4) is 5.75 Å². The monoisotopic (exact) mass is 491 g/mol. The van der Waals surface area contributed by atoms with Crippen LogP contribution in [-0.4, -0.2) is 50.5 Å². The summed E-state index contributed by atoms with van der Waals surface area (Å²) >= 11 is 0. The van der Waals surface area contributed by atoms with Crippen LogP contribution in [0.4, 0.5) is 4.39 Å². The van der Waals surface area contributed by atoms with Crippen LogP contribution in [0.15, 0.2) is 17.1 Å². The van der Waals surface area contributed by atoms with Gasteiger partial charge in [-0.3, -0.25) is 0 Å². The van der Waals surface area contributed by atoms with Crippen LogP contribution in [0.25, 0.3) is 0 Å². The Morgan fingerprint density at radius 3 is 3.00 bits per heavy atom. The van der Waals surface area contributed by atoms with Gasteiger partial charge in [0, 0.05) is 42.8 Å². The molecule has 2 saturated heterocycles. The molecule has 0 radical (unpaired) electrons. The topological polar surface area (TPSA) is 55.3 Å². The molecule has 0 aliphatic carbocycles. The van der Waals surface area contributed by atoms with Crippen molar-refractivity contribution < 1.29 is 18.6 Å². The normalized spacial score (nSPS) is 24.5. The maximum Gasteiger partial charge on any atom is 0.194 e. The Labute approximate surface area is 176 Å². The number of likely N-dealkylation sites (tertiary alicyclic amines) is 1. The smallest absolute Gasteiger partial charge is 0.194 e. The zero-order valence-electron chi connectivity index (χ0n) is 15.6. The standard InChI is InChI=1S/C19H26FN3O3.HI/c1-2-21-18(23-5-3-19(11-23)4-6-24-12-19)22-9-14-7-16(20)8-15-10-25-13-26-17(14)15;/h7-8H,2-6,9-13H2,1H3,(H,21,22);1H. The predicted octanol–water partition coefficient (Wildman–Crippen LogP) is 2.89. The van der Waals surface area contributed by atoms with Crippen molar-refractivity contribution >= 4 is 29.9 Å². The molecule has 0 saturated carbocycles. The molecule has 3 aliphatic heterocycles. The minimum Gasteiger partial charge on any atom is -0.467 e. The maximum absolute atomic E-state index is 13.9. The van der Waals surface area contributed by atoms with Gasteiger partial charge in [0.25, 0.3) is 0 Å². The predicted molar refractivity (Wildman–Crippen MR) is 111 cm³/mol. The van der Waals surface area contributed by atoms with Crippen molar-refractivity contribution in [1.82, 2.24) is 10.2 Å². The third kappa shape index (κ3) is 4.48.